The van der Waals surface area contributed by atoms with E-state index in [0.29, 0.717) is 11.6 Å². The fourth-order valence-corrected chi connectivity index (χ4v) is 1.80. The number of aromatic nitrogens is 1. The van der Waals surface area contributed by atoms with Crippen LogP contribution in [0.5, 0.6) is 0 Å². The van der Waals surface area contributed by atoms with Gasteiger partial charge in [-0.2, -0.15) is 0 Å². The number of rotatable bonds is 5. The Bertz CT molecular complexity index is 681. The zero-order valence-electron chi connectivity index (χ0n) is 12.4. The van der Waals surface area contributed by atoms with E-state index < -0.39 is 5.97 Å². The number of nitrogens with one attached hydrogen (secondary N) is 1. The topological polar surface area (TPSA) is 95.7 Å². The Morgan fingerprint density at radius 2 is 2.18 bits per heavy atom. The first-order valence-electron chi connectivity index (χ1n) is 6.72. The Labute approximate surface area is 127 Å². The average molecular weight is 303 g/mol. The molecular weight excluding hydrogens is 286 g/mol. The quantitative estimate of drug-likeness (QED) is 0.885. The molecule has 7 nitrogen and oxygen atoms in total. The largest absolute Gasteiger partial charge is 0.481 e. The standard InChI is InChI=1S/C15H17N3O4/c1-10-9-22-14(16-10)11-4-3-5-12(8-11)17-15(21)18(2)7-6-13(19)20/h3-5,8-9H,6-7H2,1-2H3,(H,17,21)(H,19,20). The smallest absolute Gasteiger partial charge is 0.321 e. The van der Waals surface area contributed by atoms with Gasteiger partial charge >= 0.3 is 12.0 Å². The number of aryl methyl sites for hydroxylation is 1. The zero-order chi connectivity index (χ0) is 16.1. The normalized spacial score (nSPS) is 10.3. The highest BCUT2D eigenvalue weighted by Gasteiger charge is 2.11. The monoisotopic (exact) mass is 303 g/mol. The molecule has 0 unspecified atom stereocenters. The predicted octanol–water partition coefficient (Wildman–Crippen LogP) is 2.59. The van der Waals surface area contributed by atoms with Crippen molar-refractivity contribution in [3.63, 3.8) is 0 Å². The Morgan fingerprint density at radius 1 is 1.41 bits per heavy atom. The maximum atomic E-state index is 12.0. The molecule has 0 aliphatic carbocycles. The van der Waals surface area contributed by atoms with E-state index in [2.05, 4.69) is 10.3 Å². The van der Waals surface area contributed by atoms with Crippen molar-refractivity contribution < 1.29 is 19.1 Å². The van der Waals surface area contributed by atoms with Crippen LogP contribution < -0.4 is 5.32 Å². The summed E-state index contributed by atoms with van der Waals surface area (Å²) in [5.74, 6) is -0.464. The molecule has 0 aliphatic heterocycles. The second kappa shape index (κ2) is 6.75. The Hall–Kier alpha value is -2.83. The lowest BCUT2D eigenvalue weighted by Gasteiger charge is -2.17. The van der Waals surface area contributed by atoms with Gasteiger partial charge in [0.05, 0.1) is 12.1 Å². The maximum absolute atomic E-state index is 12.0. The number of carbonyl (C=O) groups excluding carboxylic acids is 1. The first-order chi connectivity index (χ1) is 10.5. The molecule has 22 heavy (non-hydrogen) atoms. The summed E-state index contributed by atoms with van der Waals surface area (Å²) in [6.07, 6.45) is 1.46. The van der Waals surface area contributed by atoms with Crippen LogP contribution in [-0.2, 0) is 4.79 Å². The summed E-state index contributed by atoms with van der Waals surface area (Å²) in [4.78, 5) is 28.0. The molecule has 1 heterocycles. The molecule has 7 heteroatoms. The van der Waals surface area contributed by atoms with E-state index in [9.17, 15) is 9.59 Å². The number of hydrogen-bond acceptors (Lipinski definition) is 4. The van der Waals surface area contributed by atoms with Gasteiger partial charge in [0.15, 0.2) is 0 Å². The van der Waals surface area contributed by atoms with Crippen LogP contribution in [0.4, 0.5) is 10.5 Å². The Kier molecular flexibility index (Phi) is 4.77. The number of amides is 2. The summed E-state index contributed by atoms with van der Waals surface area (Å²) >= 11 is 0. The van der Waals surface area contributed by atoms with Crippen molar-refractivity contribution in [3.05, 3.63) is 36.2 Å². The van der Waals surface area contributed by atoms with Crippen LogP contribution in [-0.4, -0.2) is 40.6 Å². The van der Waals surface area contributed by atoms with E-state index in [-0.39, 0.29) is 19.0 Å². The molecule has 2 amide bonds. The molecule has 0 fully saturated rings. The van der Waals surface area contributed by atoms with Gasteiger partial charge in [0.2, 0.25) is 5.89 Å². The van der Waals surface area contributed by atoms with Crippen LogP contribution in [0.1, 0.15) is 12.1 Å². The van der Waals surface area contributed by atoms with Gasteiger partial charge in [-0.15, -0.1) is 0 Å². The van der Waals surface area contributed by atoms with Gasteiger partial charge < -0.3 is 19.7 Å². The van der Waals surface area contributed by atoms with Crippen LogP contribution in [0, 0.1) is 6.92 Å². The first kappa shape index (κ1) is 15.6. The lowest BCUT2D eigenvalue weighted by Crippen LogP contribution is -2.33. The highest BCUT2D eigenvalue weighted by atomic mass is 16.4. The Balaban J connectivity index is 2.04. The third-order valence-electron chi connectivity index (χ3n) is 2.99. The number of aliphatic carboxylic acids is 1. The van der Waals surface area contributed by atoms with E-state index in [1.165, 1.54) is 4.90 Å². The van der Waals surface area contributed by atoms with E-state index in [4.69, 9.17) is 9.52 Å². The van der Waals surface area contributed by atoms with Gasteiger partial charge in [0.1, 0.15) is 6.26 Å². The van der Waals surface area contributed by atoms with E-state index in [1.54, 1.807) is 31.5 Å². The molecule has 0 saturated heterocycles. The van der Waals surface area contributed by atoms with Crippen molar-refractivity contribution >= 4 is 17.7 Å². The summed E-state index contributed by atoms with van der Waals surface area (Å²) in [5.41, 5.74) is 2.11. The number of carbonyl (C=O) groups is 2. The average Bonchev–Trinajstić information content (AvgIpc) is 2.91. The molecule has 0 aliphatic rings. The SMILES string of the molecule is Cc1coc(-c2cccc(NC(=O)N(C)CCC(=O)O)c2)n1. The fourth-order valence-electron chi connectivity index (χ4n) is 1.80. The maximum Gasteiger partial charge on any atom is 0.321 e. The summed E-state index contributed by atoms with van der Waals surface area (Å²) in [6.45, 7) is 1.97. The molecule has 1 aromatic heterocycles. The van der Waals surface area contributed by atoms with Crippen molar-refractivity contribution in [1.29, 1.82) is 0 Å². The van der Waals surface area contributed by atoms with Crippen LogP contribution in [0.3, 0.4) is 0 Å². The summed E-state index contributed by atoms with van der Waals surface area (Å²) in [7, 11) is 1.54. The molecule has 0 radical (unpaired) electrons. The number of carboxylic acids is 1. The van der Waals surface area contributed by atoms with Gasteiger partial charge in [-0.1, -0.05) is 6.07 Å². The molecule has 0 spiro atoms. The molecule has 0 atom stereocenters. The second-order valence-electron chi connectivity index (χ2n) is 4.87. The molecule has 2 rings (SSSR count). The van der Waals surface area contributed by atoms with Gasteiger partial charge in [-0.3, -0.25) is 4.79 Å². The number of nitrogens with zero attached hydrogens (tertiary/aromatic N) is 2. The van der Waals surface area contributed by atoms with E-state index in [1.807, 2.05) is 13.0 Å². The molecule has 2 N–H and O–H groups in total. The second-order valence-corrected chi connectivity index (χ2v) is 4.87. The van der Waals surface area contributed by atoms with Crippen molar-refractivity contribution in [2.45, 2.75) is 13.3 Å². The number of carboxylic acid groups (broad SMARTS) is 1. The molecule has 2 aromatic rings. The van der Waals surface area contributed by atoms with Gasteiger partial charge in [-0.25, -0.2) is 9.78 Å². The summed E-state index contributed by atoms with van der Waals surface area (Å²) in [5, 5.41) is 11.3. The van der Waals surface area contributed by atoms with Gasteiger partial charge in [-0.05, 0) is 25.1 Å². The van der Waals surface area contributed by atoms with Crippen LogP contribution in [0.2, 0.25) is 0 Å². The molecule has 0 saturated carbocycles. The third kappa shape index (κ3) is 4.08. The Morgan fingerprint density at radius 3 is 2.82 bits per heavy atom. The molecule has 0 bridgehead atoms. The van der Waals surface area contributed by atoms with Crippen LogP contribution >= 0.6 is 0 Å². The minimum Gasteiger partial charge on any atom is -0.481 e. The minimum atomic E-state index is -0.944. The fraction of sp³-hybridized carbons (Fsp3) is 0.267. The zero-order valence-corrected chi connectivity index (χ0v) is 12.4. The number of anilines is 1. The summed E-state index contributed by atoms with van der Waals surface area (Å²) in [6, 6.07) is 6.72. The lowest BCUT2D eigenvalue weighted by atomic mass is 10.2. The van der Waals surface area contributed by atoms with Crippen molar-refractivity contribution in [1.82, 2.24) is 9.88 Å². The first-order valence-corrected chi connectivity index (χ1v) is 6.72. The lowest BCUT2D eigenvalue weighted by molar-refractivity contribution is -0.137. The summed E-state index contributed by atoms with van der Waals surface area (Å²) < 4.78 is 5.32. The third-order valence-corrected chi connectivity index (χ3v) is 2.99. The van der Waals surface area contributed by atoms with Crippen molar-refractivity contribution in [2.75, 3.05) is 18.9 Å². The van der Waals surface area contributed by atoms with Gasteiger partial charge in [0, 0.05) is 24.8 Å². The molecular formula is C15H17N3O4. The minimum absolute atomic E-state index is 0.0977. The number of oxazole rings is 1. The molecule has 116 valence electrons. The highest BCUT2D eigenvalue weighted by Crippen LogP contribution is 2.22. The van der Waals surface area contributed by atoms with Crippen LogP contribution in [0.25, 0.3) is 11.5 Å². The highest BCUT2D eigenvalue weighted by molar-refractivity contribution is 5.90. The predicted molar refractivity (Wildman–Crippen MR) is 80.6 cm³/mol. The number of hydrogen-bond donors (Lipinski definition) is 2. The van der Waals surface area contributed by atoms with Gasteiger partial charge in [0.25, 0.3) is 0 Å². The number of urea groups is 1. The van der Waals surface area contributed by atoms with E-state index >= 15 is 0 Å². The van der Waals surface area contributed by atoms with Crippen molar-refractivity contribution in [3.8, 4) is 11.5 Å². The van der Waals surface area contributed by atoms with E-state index in [0.717, 1.165) is 11.3 Å². The van der Waals surface area contributed by atoms with Crippen molar-refractivity contribution in [2.24, 2.45) is 0 Å². The molecule has 1 aromatic carbocycles. The van der Waals surface area contributed by atoms with Crippen LogP contribution in [0.15, 0.2) is 34.9 Å². The number of benzene rings is 1.